The molecule has 0 nitrogen and oxygen atoms in total. The molecule has 2 rings (SSSR count). The molecule has 0 atom stereocenters. The lowest BCUT2D eigenvalue weighted by Crippen LogP contribution is -1.79. The number of hydrogen-bond acceptors (Lipinski definition) is 0. The molecule has 2 aromatic carbocycles. The van der Waals surface area contributed by atoms with Gasteiger partial charge >= 0.3 is 0 Å². The van der Waals surface area contributed by atoms with Crippen LogP contribution in [0.5, 0.6) is 0 Å². The summed E-state index contributed by atoms with van der Waals surface area (Å²) in [6.45, 7) is 8.23. The summed E-state index contributed by atoms with van der Waals surface area (Å²) in [5.74, 6) is 0. The standard InChI is InChI=1S/C14H14.C2H6/c1-11-6-8-13(9-7-11)14-5-3-4-12(2)10-14;1-2/h3-10H,1-2H3;1-2H3. The second-order valence-corrected chi connectivity index (χ2v) is 3.74. The van der Waals surface area contributed by atoms with Gasteiger partial charge in [-0.25, -0.2) is 0 Å². The van der Waals surface area contributed by atoms with Gasteiger partial charge in [-0.3, -0.25) is 0 Å². The molecule has 0 aliphatic heterocycles. The first kappa shape index (κ1) is 12.5. The van der Waals surface area contributed by atoms with Gasteiger partial charge in [-0.05, 0) is 25.0 Å². The fourth-order valence-corrected chi connectivity index (χ4v) is 1.57. The van der Waals surface area contributed by atoms with Crippen LogP contribution in [0.3, 0.4) is 0 Å². The van der Waals surface area contributed by atoms with Crippen LogP contribution in [0.15, 0.2) is 48.5 Å². The van der Waals surface area contributed by atoms with E-state index in [-0.39, 0.29) is 0 Å². The molecule has 0 amide bonds. The Bertz CT molecular complexity index is 424. The second-order valence-electron chi connectivity index (χ2n) is 3.74. The van der Waals surface area contributed by atoms with Gasteiger partial charge in [-0.1, -0.05) is 73.5 Å². The Morgan fingerprint density at radius 1 is 0.625 bits per heavy atom. The lowest BCUT2D eigenvalue weighted by Gasteiger charge is -2.02. The maximum absolute atomic E-state index is 2.21. The second kappa shape index (κ2) is 6.12. The normalized spacial score (nSPS) is 9.25. The van der Waals surface area contributed by atoms with Gasteiger partial charge in [0.2, 0.25) is 0 Å². The number of rotatable bonds is 1. The molecule has 0 aliphatic carbocycles. The zero-order chi connectivity index (χ0) is 12.0. The highest BCUT2D eigenvalue weighted by atomic mass is 14.0. The van der Waals surface area contributed by atoms with Crippen LogP contribution in [0.1, 0.15) is 25.0 Å². The molecule has 16 heavy (non-hydrogen) atoms. The summed E-state index contributed by atoms with van der Waals surface area (Å²) in [7, 11) is 0. The van der Waals surface area contributed by atoms with E-state index in [1.807, 2.05) is 13.8 Å². The van der Waals surface area contributed by atoms with Crippen molar-refractivity contribution in [2.75, 3.05) is 0 Å². The lowest BCUT2D eigenvalue weighted by atomic mass is 10.0. The van der Waals surface area contributed by atoms with Gasteiger partial charge in [0.25, 0.3) is 0 Å². The highest BCUT2D eigenvalue weighted by Gasteiger charge is 1.96. The Hall–Kier alpha value is -1.56. The third kappa shape index (κ3) is 3.23. The largest absolute Gasteiger partial charge is 0.0683 e. The third-order valence-electron chi connectivity index (χ3n) is 2.40. The number of hydrogen-bond donors (Lipinski definition) is 0. The molecule has 0 bridgehead atoms. The van der Waals surface area contributed by atoms with Crippen LogP contribution >= 0.6 is 0 Å². The van der Waals surface area contributed by atoms with Crippen LogP contribution in [0, 0.1) is 13.8 Å². The summed E-state index contributed by atoms with van der Waals surface area (Å²) in [6.07, 6.45) is 0. The van der Waals surface area contributed by atoms with Gasteiger partial charge in [0.05, 0.1) is 0 Å². The summed E-state index contributed by atoms with van der Waals surface area (Å²) in [4.78, 5) is 0. The van der Waals surface area contributed by atoms with Gasteiger partial charge in [0.1, 0.15) is 0 Å². The summed E-state index contributed by atoms with van der Waals surface area (Å²) in [5.41, 5.74) is 5.20. The summed E-state index contributed by atoms with van der Waals surface area (Å²) >= 11 is 0. The van der Waals surface area contributed by atoms with Crippen LogP contribution in [0.4, 0.5) is 0 Å². The van der Waals surface area contributed by atoms with Crippen LogP contribution in [-0.2, 0) is 0 Å². The minimum absolute atomic E-state index is 1.29. The first-order valence-corrected chi connectivity index (χ1v) is 5.89. The van der Waals surface area contributed by atoms with Crippen molar-refractivity contribution in [3.8, 4) is 11.1 Å². The van der Waals surface area contributed by atoms with Gasteiger partial charge in [0.15, 0.2) is 0 Å². The molecule has 0 spiro atoms. The minimum atomic E-state index is 1.29. The lowest BCUT2D eigenvalue weighted by molar-refractivity contribution is 1.44. The maximum Gasteiger partial charge on any atom is -0.0181 e. The van der Waals surface area contributed by atoms with Crippen molar-refractivity contribution in [2.45, 2.75) is 27.7 Å². The zero-order valence-electron chi connectivity index (χ0n) is 10.6. The average Bonchev–Trinajstić information content (AvgIpc) is 2.32. The maximum atomic E-state index is 2.21. The van der Waals surface area contributed by atoms with E-state index in [2.05, 4.69) is 62.4 Å². The van der Waals surface area contributed by atoms with Crippen molar-refractivity contribution < 1.29 is 0 Å². The molecule has 0 heterocycles. The molecular formula is C16H20. The predicted octanol–water partition coefficient (Wildman–Crippen LogP) is 5.00. The number of aryl methyl sites for hydroxylation is 2. The van der Waals surface area contributed by atoms with Gasteiger partial charge < -0.3 is 0 Å². The van der Waals surface area contributed by atoms with Crippen LogP contribution in [0.25, 0.3) is 11.1 Å². The fraction of sp³-hybridized carbons (Fsp3) is 0.250. The summed E-state index contributed by atoms with van der Waals surface area (Å²) in [6, 6.07) is 17.2. The quantitative estimate of drug-likeness (QED) is 0.624. The molecule has 84 valence electrons. The SMILES string of the molecule is CC.Cc1ccc(-c2cccc(C)c2)cc1. The Kier molecular flexibility index (Phi) is 4.78. The van der Waals surface area contributed by atoms with Gasteiger partial charge in [-0.15, -0.1) is 0 Å². The van der Waals surface area contributed by atoms with Crippen LogP contribution in [0.2, 0.25) is 0 Å². The first-order chi connectivity index (χ1) is 7.75. The van der Waals surface area contributed by atoms with Crippen molar-refractivity contribution in [3.05, 3.63) is 59.7 Å². The van der Waals surface area contributed by atoms with E-state index < -0.39 is 0 Å². The van der Waals surface area contributed by atoms with Gasteiger partial charge in [-0.2, -0.15) is 0 Å². The van der Waals surface area contributed by atoms with Crippen molar-refractivity contribution in [2.24, 2.45) is 0 Å². The fourth-order valence-electron chi connectivity index (χ4n) is 1.57. The molecule has 2 aromatic rings. The summed E-state index contributed by atoms with van der Waals surface area (Å²) < 4.78 is 0. The molecule has 0 N–H and O–H groups in total. The molecule has 0 aromatic heterocycles. The monoisotopic (exact) mass is 212 g/mol. The molecule has 0 saturated heterocycles. The molecule has 0 heteroatoms. The van der Waals surface area contributed by atoms with E-state index >= 15 is 0 Å². The highest BCUT2D eigenvalue weighted by Crippen LogP contribution is 2.20. The van der Waals surface area contributed by atoms with E-state index in [9.17, 15) is 0 Å². The highest BCUT2D eigenvalue weighted by molar-refractivity contribution is 5.64. The van der Waals surface area contributed by atoms with E-state index in [1.165, 1.54) is 22.3 Å². The van der Waals surface area contributed by atoms with E-state index in [4.69, 9.17) is 0 Å². The van der Waals surface area contributed by atoms with Crippen LogP contribution < -0.4 is 0 Å². The molecule has 0 radical (unpaired) electrons. The predicted molar refractivity (Wildman–Crippen MR) is 72.7 cm³/mol. The molecule has 0 saturated carbocycles. The Morgan fingerprint density at radius 2 is 1.25 bits per heavy atom. The topological polar surface area (TPSA) is 0 Å². The van der Waals surface area contributed by atoms with Gasteiger partial charge in [0, 0.05) is 0 Å². The van der Waals surface area contributed by atoms with E-state index in [1.54, 1.807) is 0 Å². The Balaban J connectivity index is 0.000000606. The Labute approximate surface area is 99.0 Å². The zero-order valence-corrected chi connectivity index (χ0v) is 10.6. The van der Waals surface area contributed by atoms with Crippen molar-refractivity contribution >= 4 is 0 Å². The molecular weight excluding hydrogens is 192 g/mol. The molecule has 0 unspecified atom stereocenters. The summed E-state index contributed by atoms with van der Waals surface area (Å²) in [5, 5.41) is 0. The van der Waals surface area contributed by atoms with Crippen molar-refractivity contribution in [1.29, 1.82) is 0 Å². The molecule has 0 fully saturated rings. The smallest absolute Gasteiger partial charge is 0.0181 e. The van der Waals surface area contributed by atoms with E-state index in [0.717, 1.165) is 0 Å². The Morgan fingerprint density at radius 3 is 1.81 bits per heavy atom. The average molecular weight is 212 g/mol. The van der Waals surface area contributed by atoms with Crippen LogP contribution in [-0.4, -0.2) is 0 Å². The van der Waals surface area contributed by atoms with Crippen molar-refractivity contribution in [3.63, 3.8) is 0 Å². The first-order valence-electron chi connectivity index (χ1n) is 5.89. The van der Waals surface area contributed by atoms with Crippen molar-refractivity contribution in [1.82, 2.24) is 0 Å². The minimum Gasteiger partial charge on any atom is -0.0683 e. The third-order valence-corrected chi connectivity index (χ3v) is 2.40. The number of benzene rings is 2. The molecule has 0 aliphatic rings. The van der Waals surface area contributed by atoms with E-state index in [0.29, 0.717) is 0 Å².